The van der Waals surface area contributed by atoms with E-state index in [1.54, 1.807) is 6.92 Å². The highest BCUT2D eigenvalue weighted by Gasteiger charge is 2.11. The maximum atomic E-state index is 11.5. The fourth-order valence-electron chi connectivity index (χ4n) is 1.10. The lowest BCUT2D eigenvalue weighted by molar-refractivity contribution is -0.119. The van der Waals surface area contributed by atoms with Crippen LogP contribution in [0, 0.1) is 5.92 Å². The van der Waals surface area contributed by atoms with Crippen LogP contribution in [0.4, 0.5) is 5.69 Å². The number of anilines is 1. The molecule has 5 N–H and O–H groups in total. The first-order valence-electron chi connectivity index (χ1n) is 4.98. The molecule has 0 saturated carbocycles. The molecule has 1 aromatic carbocycles. The van der Waals surface area contributed by atoms with Crippen molar-refractivity contribution < 1.29 is 13.2 Å². The molecular weight excluding hydrogens is 242 g/mol. The molecule has 1 amide bonds. The molecule has 1 atom stereocenters. The predicted molar refractivity (Wildman–Crippen MR) is 64.7 cm³/mol. The van der Waals surface area contributed by atoms with Crippen molar-refractivity contribution in [3.05, 3.63) is 24.3 Å². The second-order valence-electron chi connectivity index (χ2n) is 3.70. The number of nitrogens with one attached hydrogen (secondary N) is 1. The lowest BCUT2D eigenvalue weighted by Crippen LogP contribution is -2.26. The summed E-state index contributed by atoms with van der Waals surface area (Å²) < 4.78 is 22.0. The third kappa shape index (κ3) is 3.81. The van der Waals surface area contributed by atoms with E-state index in [1.807, 2.05) is 0 Å². The van der Waals surface area contributed by atoms with Crippen molar-refractivity contribution in [2.24, 2.45) is 16.8 Å². The van der Waals surface area contributed by atoms with Crippen molar-refractivity contribution >= 4 is 21.6 Å². The molecule has 0 aromatic heterocycles. The van der Waals surface area contributed by atoms with Gasteiger partial charge in [-0.15, -0.1) is 0 Å². The van der Waals surface area contributed by atoms with Crippen LogP contribution < -0.4 is 16.2 Å². The minimum absolute atomic E-state index is 0.00220. The normalized spacial score (nSPS) is 13.1. The first-order chi connectivity index (χ1) is 7.84. The molecule has 0 fully saturated rings. The number of carbonyl (C=O) groups excluding carboxylic acids is 1. The zero-order chi connectivity index (χ0) is 13.1. The zero-order valence-corrected chi connectivity index (χ0v) is 10.2. The Morgan fingerprint density at radius 2 is 1.88 bits per heavy atom. The number of amides is 1. The van der Waals surface area contributed by atoms with Gasteiger partial charge in [-0.1, -0.05) is 6.92 Å². The number of nitrogens with two attached hydrogens (primary N) is 2. The van der Waals surface area contributed by atoms with E-state index >= 15 is 0 Å². The average molecular weight is 257 g/mol. The maximum Gasteiger partial charge on any atom is 0.238 e. The van der Waals surface area contributed by atoms with E-state index in [4.69, 9.17) is 10.9 Å². The number of carbonyl (C=O) groups is 1. The molecule has 1 rings (SSSR count). The Labute approximate surface area is 100 Å². The van der Waals surface area contributed by atoms with Crippen LogP contribution in [-0.2, 0) is 14.8 Å². The summed E-state index contributed by atoms with van der Waals surface area (Å²) in [6.07, 6.45) is 0. The third-order valence-electron chi connectivity index (χ3n) is 2.25. The molecular formula is C10H15N3O3S. The Morgan fingerprint density at radius 1 is 1.35 bits per heavy atom. The van der Waals surface area contributed by atoms with Gasteiger partial charge in [-0.2, -0.15) is 0 Å². The second kappa shape index (κ2) is 5.26. The molecule has 0 saturated heterocycles. The maximum absolute atomic E-state index is 11.5. The van der Waals surface area contributed by atoms with Gasteiger partial charge in [-0.05, 0) is 24.3 Å². The van der Waals surface area contributed by atoms with E-state index in [1.165, 1.54) is 24.3 Å². The van der Waals surface area contributed by atoms with Gasteiger partial charge >= 0.3 is 0 Å². The van der Waals surface area contributed by atoms with Gasteiger partial charge < -0.3 is 11.1 Å². The van der Waals surface area contributed by atoms with Crippen LogP contribution >= 0.6 is 0 Å². The Kier molecular flexibility index (Phi) is 4.22. The monoisotopic (exact) mass is 257 g/mol. The molecule has 0 aliphatic heterocycles. The van der Waals surface area contributed by atoms with Crippen LogP contribution in [-0.4, -0.2) is 20.9 Å². The van der Waals surface area contributed by atoms with Gasteiger partial charge in [0.1, 0.15) is 0 Å². The molecule has 17 heavy (non-hydrogen) atoms. The number of hydrogen-bond acceptors (Lipinski definition) is 4. The number of hydrogen-bond donors (Lipinski definition) is 3. The Bertz CT molecular complexity index is 496. The number of sulfonamides is 1. The Morgan fingerprint density at radius 3 is 2.29 bits per heavy atom. The van der Waals surface area contributed by atoms with Crippen LogP contribution in [0.3, 0.4) is 0 Å². The van der Waals surface area contributed by atoms with E-state index in [2.05, 4.69) is 5.32 Å². The molecule has 7 heteroatoms. The fraction of sp³-hybridized carbons (Fsp3) is 0.300. The first-order valence-corrected chi connectivity index (χ1v) is 6.53. The summed E-state index contributed by atoms with van der Waals surface area (Å²) in [4.78, 5) is 11.5. The molecule has 0 heterocycles. The lowest BCUT2D eigenvalue weighted by Gasteiger charge is -2.10. The second-order valence-corrected chi connectivity index (χ2v) is 5.26. The lowest BCUT2D eigenvalue weighted by atomic mass is 10.1. The predicted octanol–water partition coefficient (Wildman–Crippen LogP) is -0.133. The molecule has 0 bridgehead atoms. The van der Waals surface area contributed by atoms with Gasteiger partial charge in [-0.3, -0.25) is 4.79 Å². The number of benzene rings is 1. The quantitative estimate of drug-likeness (QED) is 0.696. The molecule has 1 aromatic rings. The van der Waals surface area contributed by atoms with Gasteiger partial charge in [0.05, 0.1) is 4.90 Å². The molecule has 1 unspecified atom stereocenters. The van der Waals surface area contributed by atoms with Crippen molar-refractivity contribution in [2.75, 3.05) is 11.9 Å². The van der Waals surface area contributed by atoms with Crippen molar-refractivity contribution in [2.45, 2.75) is 11.8 Å². The zero-order valence-electron chi connectivity index (χ0n) is 9.38. The summed E-state index contributed by atoms with van der Waals surface area (Å²) in [5.41, 5.74) is 5.85. The van der Waals surface area contributed by atoms with Crippen LogP contribution in [0.15, 0.2) is 29.2 Å². The molecule has 0 aliphatic rings. The molecule has 0 radical (unpaired) electrons. The van der Waals surface area contributed by atoms with Gasteiger partial charge in [0.2, 0.25) is 15.9 Å². The average Bonchev–Trinajstić information content (AvgIpc) is 2.27. The van der Waals surface area contributed by atoms with Crippen LogP contribution in [0.2, 0.25) is 0 Å². The molecule has 94 valence electrons. The van der Waals surface area contributed by atoms with Gasteiger partial charge in [0, 0.05) is 18.2 Å². The smallest absolute Gasteiger partial charge is 0.238 e. The summed E-state index contributed by atoms with van der Waals surface area (Å²) in [5.74, 6) is -0.510. The molecule has 0 aliphatic carbocycles. The van der Waals surface area contributed by atoms with E-state index in [0.29, 0.717) is 5.69 Å². The molecule has 0 spiro atoms. The van der Waals surface area contributed by atoms with Gasteiger partial charge in [0.25, 0.3) is 0 Å². The molecule has 6 nitrogen and oxygen atoms in total. The van der Waals surface area contributed by atoms with Crippen LogP contribution in [0.1, 0.15) is 6.92 Å². The summed E-state index contributed by atoms with van der Waals surface area (Å²) >= 11 is 0. The fourth-order valence-corrected chi connectivity index (χ4v) is 1.62. The van der Waals surface area contributed by atoms with Crippen molar-refractivity contribution in [1.82, 2.24) is 0 Å². The summed E-state index contributed by atoms with van der Waals surface area (Å²) in [6.45, 7) is 1.95. The highest BCUT2D eigenvalue weighted by Crippen LogP contribution is 2.13. The minimum Gasteiger partial charge on any atom is -0.330 e. The highest BCUT2D eigenvalue weighted by atomic mass is 32.2. The first kappa shape index (κ1) is 13.6. The van der Waals surface area contributed by atoms with E-state index in [-0.39, 0.29) is 23.3 Å². The number of primary sulfonamides is 1. The standard InChI is InChI=1S/C10H15N3O3S/c1-7(6-11)10(14)13-8-2-4-9(5-3-8)17(12,15)16/h2-5,7H,6,11H2,1H3,(H,13,14)(H2,12,15,16). The number of rotatable bonds is 4. The van der Waals surface area contributed by atoms with Crippen LogP contribution in [0.5, 0.6) is 0 Å². The van der Waals surface area contributed by atoms with E-state index < -0.39 is 10.0 Å². The van der Waals surface area contributed by atoms with Gasteiger partial charge in [0.15, 0.2) is 0 Å². The van der Waals surface area contributed by atoms with Crippen molar-refractivity contribution in [3.63, 3.8) is 0 Å². The minimum atomic E-state index is -3.70. The van der Waals surface area contributed by atoms with E-state index in [0.717, 1.165) is 0 Å². The largest absolute Gasteiger partial charge is 0.330 e. The SMILES string of the molecule is CC(CN)C(=O)Nc1ccc(S(N)(=O)=O)cc1. The Balaban J connectivity index is 2.79. The van der Waals surface area contributed by atoms with Gasteiger partial charge in [-0.25, -0.2) is 13.6 Å². The van der Waals surface area contributed by atoms with Crippen molar-refractivity contribution in [3.8, 4) is 0 Å². The highest BCUT2D eigenvalue weighted by molar-refractivity contribution is 7.89. The van der Waals surface area contributed by atoms with Crippen LogP contribution in [0.25, 0.3) is 0 Å². The summed E-state index contributed by atoms with van der Waals surface area (Å²) in [7, 11) is -3.70. The van der Waals surface area contributed by atoms with Crippen molar-refractivity contribution in [1.29, 1.82) is 0 Å². The Hall–Kier alpha value is -1.44. The van der Waals surface area contributed by atoms with E-state index in [9.17, 15) is 13.2 Å². The summed E-state index contributed by atoms with van der Waals surface area (Å²) in [5, 5.41) is 7.56. The summed E-state index contributed by atoms with van der Waals surface area (Å²) in [6, 6.07) is 5.61. The topological polar surface area (TPSA) is 115 Å². The third-order valence-corrected chi connectivity index (χ3v) is 3.18.